The van der Waals surface area contributed by atoms with Crippen molar-refractivity contribution in [3.05, 3.63) is 23.0 Å². The Morgan fingerprint density at radius 1 is 1.24 bits per heavy atom. The summed E-state index contributed by atoms with van der Waals surface area (Å²) in [6, 6.07) is 0. The molecule has 3 aliphatic carbocycles. The normalized spacial score (nSPS) is 39.4. The lowest BCUT2D eigenvalue weighted by molar-refractivity contribution is -0.0513. The quantitative estimate of drug-likeness (QED) is 0.691. The summed E-state index contributed by atoms with van der Waals surface area (Å²) in [5.74, 6) is 1.93. The van der Waals surface area contributed by atoms with Crippen LogP contribution in [0.2, 0.25) is 0 Å². The molecule has 0 spiro atoms. The molecule has 0 aliphatic heterocycles. The van der Waals surface area contributed by atoms with Gasteiger partial charge in [0.1, 0.15) is 0 Å². The first-order valence-corrected chi connectivity index (χ1v) is 8.47. The van der Waals surface area contributed by atoms with Crippen LogP contribution in [-0.2, 0) is 9.47 Å². The number of ether oxygens (including phenoxy) is 2. The van der Waals surface area contributed by atoms with Gasteiger partial charge < -0.3 is 9.47 Å². The molecule has 0 aromatic carbocycles. The van der Waals surface area contributed by atoms with E-state index in [0.29, 0.717) is 10.8 Å². The molecule has 21 heavy (non-hydrogen) atoms. The summed E-state index contributed by atoms with van der Waals surface area (Å²) < 4.78 is 11.2. The molecule has 3 atom stereocenters. The lowest BCUT2D eigenvalue weighted by Crippen LogP contribution is -2.49. The molecule has 0 heterocycles. The molecule has 0 bridgehead atoms. The second-order valence-electron chi connectivity index (χ2n) is 7.79. The van der Waals surface area contributed by atoms with Gasteiger partial charge in [-0.25, -0.2) is 0 Å². The zero-order valence-electron chi connectivity index (χ0n) is 14.1. The molecule has 3 rings (SSSR count). The van der Waals surface area contributed by atoms with Crippen LogP contribution >= 0.6 is 0 Å². The van der Waals surface area contributed by atoms with Crippen LogP contribution in [0.4, 0.5) is 0 Å². The number of hydrogen-bond acceptors (Lipinski definition) is 2. The van der Waals surface area contributed by atoms with Crippen molar-refractivity contribution in [2.45, 2.75) is 58.8 Å². The van der Waals surface area contributed by atoms with Crippen LogP contribution in [0.3, 0.4) is 0 Å². The van der Waals surface area contributed by atoms with E-state index < -0.39 is 0 Å². The van der Waals surface area contributed by atoms with Gasteiger partial charge in [0.15, 0.2) is 0 Å². The fourth-order valence-electron chi connectivity index (χ4n) is 5.57. The Labute approximate surface area is 129 Å². The highest BCUT2D eigenvalue weighted by atomic mass is 16.5. The van der Waals surface area contributed by atoms with Crippen LogP contribution in [0.25, 0.3) is 0 Å². The Kier molecular flexibility index (Phi) is 3.94. The molecule has 0 saturated heterocycles. The first kappa shape index (κ1) is 15.1. The minimum atomic E-state index is 0.342. The summed E-state index contributed by atoms with van der Waals surface area (Å²) in [4.78, 5) is 0. The molecule has 118 valence electrons. The van der Waals surface area contributed by atoms with E-state index in [0.717, 1.165) is 25.4 Å². The molecule has 0 N–H and O–H groups in total. The molecule has 1 fully saturated rings. The highest BCUT2D eigenvalue weighted by molar-refractivity contribution is 5.35. The van der Waals surface area contributed by atoms with Gasteiger partial charge in [-0.3, -0.25) is 0 Å². The summed E-state index contributed by atoms with van der Waals surface area (Å²) in [7, 11) is 3.67. The van der Waals surface area contributed by atoms with Crippen molar-refractivity contribution >= 4 is 0 Å². The van der Waals surface area contributed by atoms with Gasteiger partial charge in [-0.15, -0.1) is 0 Å². The first-order chi connectivity index (χ1) is 10.0. The Morgan fingerprint density at radius 3 is 2.76 bits per heavy atom. The zero-order chi connectivity index (χ0) is 15.1. The average Bonchev–Trinajstić information content (AvgIpc) is 2.47. The van der Waals surface area contributed by atoms with E-state index in [9.17, 15) is 0 Å². The fraction of sp³-hybridized carbons (Fsp3) is 0.789. The SMILES string of the molecule is COCC1(C)CCCC2(C)C3=C(CC=C(OC)C3)CCC12. The molecule has 3 unspecified atom stereocenters. The van der Waals surface area contributed by atoms with Crippen molar-refractivity contribution in [3.8, 4) is 0 Å². The van der Waals surface area contributed by atoms with Crippen molar-refractivity contribution in [1.29, 1.82) is 0 Å². The number of allylic oxidation sites excluding steroid dienone is 3. The summed E-state index contributed by atoms with van der Waals surface area (Å²) in [6.45, 7) is 5.89. The molecule has 3 aliphatic rings. The summed E-state index contributed by atoms with van der Waals surface area (Å²) in [6.07, 6.45) is 11.1. The van der Waals surface area contributed by atoms with Crippen molar-refractivity contribution < 1.29 is 9.47 Å². The van der Waals surface area contributed by atoms with E-state index in [4.69, 9.17) is 9.47 Å². The zero-order valence-corrected chi connectivity index (χ0v) is 14.1. The number of rotatable bonds is 3. The Morgan fingerprint density at radius 2 is 2.05 bits per heavy atom. The second kappa shape index (κ2) is 5.46. The molecular weight excluding hydrogens is 260 g/mol. The van der Waals surface area contributed by atoms with Crippen LogP contribution < -0.4 is 0 Å². The van der Waals surface area contributed by atoms with E-state index in [1.54, 1.807) is 11.1 Å². The lowest BCUT2D eigenvalue weighted by Gasteiger charge is -2.56. The standard InChI is InChI=1S/C19H30O2/c1-18(13-20-3)10-5-11-19(2)16-12-15(21-4)8-6-14(16)7-9-17(18)19/h8,17H,5-7,9-13H2,1-4H3. The monoisotopic (exact) mass is 290 g/mol. The van der Waals surface area contributed by atoms with Gasteiger partial charge in [-0.1, -0.05) is 31.4 Å². The number of fused-ring (bicyclic) bond motifs is 2. The van der Waals surface area contributed by atoms with E-state index in [1.807, 2.05) is 14.2 Å². The molecule has 0 radical (unpaired) electrons. The molecule has 0 amide bonds. The molecule has 2 nitrogen and oxygen atoms in total. The maximum Gasteiger partial charge on any atom is 0.0959 e. The molecule has 0 aromatic heterocycles. The summed E-state index contributed by atoms with van der Waals surface area (Å²) in [5.41, 5.74) is 4.11. The van der Waals surface area contributed by atoms with Gasteiger partial charge in [0, 0.05) is 13.5 Å². The molecular formula is C19H30O2. The van der Waals surface area contributed by atoms with Crippen LogP contribution in [0, 0.1) is 16.7 Å². The van der Waals surface area contributed by atoms with Crippen LogP contribution in [-0.4, -0.2) is 20.8 Å². The topological polar surface area (TPSA) is 18.5 Å². The predicted molar refractivity (Wildman–Crippen MR) is 86.0 cm³/mol. The predicted octanol–water partition coefficient (Wildman–Crippen LogP) is 4.86. The van der Waals surface area contributed by atoms with Crippen molar-refractivity contribution in [2.24, 2.45) is 16.7 Å². The van der Waals surface area contributed by atoms with E-state index in [-0.39, 0.29) is 0 Å². The fourth-order valence-corrected chi connectivity index (χ4v) is 5.57. The highest BCUT2D eigenvalue weighted by Gasteiger charge is 2.52. The third-order valence-electron chi connectivity index (χ3n) is 6.57. The average molecular weight is 290 g/mol. The minimum Gasteiger partial charge on any atom is -0.501 e. The molecule has 2 heteroatoms. The molecule has 1 saturated carbocycles. The lowest BCUT2D eigenvalue weighted by atomic mass is 9.49. The molecule has 0 aromatic rings. The third kappa shape index (κ3) is 2.36. The third-order valence-corrected chi connectivity index (χ3v) is 6.57. The van der Waals surface area contributed by atoms with E-state index in [1.165, 1.54) is 37.9 Å². The number of methoxy groups -OCH3 is 2. The Hall–Kier alpha value is -0.760. The van der Waals surface area contributed by atoms with Gasteiger partial charge in [-0.2, -0.15) is 0 Å². The van der Waals surface area contributed by atoms with Gasteiger partial charge in [0.25, 0.3) is 0 Å². The Balaban J connectivity index is 1.94. The van der Waals surface area contributed by atoms with E-state index in [2.05, 4.69) is 19.9 Å². The van der Waals surface area contributed by atoms with Crippen molar-refractivity contribution in [1.82, 2.24) is 0 Å². The maximum atomic E-state index is 5.60. The van der Waals surface area contributed by atoms with Crippen LogP contribution in [0.5, 0.6) is 0 Å². The first-order valence-electron chi connectivity index (χ1n) is 8.47. The van der Waals surface area contributed by atoms with Crippen LogP contribution in [0.15, 0.2) is 23.0 Å². The number of hydrogen-bond donors (Lipinski definition) is 0. The smallest absolute Gasteiger partial charge is 0.0959 e. The van der Waals surface area contributed by atoms with E-state index >= 15 is 0 Å². The summed E-state index contributed by atoms with van der Waals surface area (Å²) >= 11 is 0. The Bertz CT molecular complexity index is 472. The van der Waals surface area contributed by atoms with Gasteiger partial charge in [0.2, 0.25) is 0 Å². The van der Waals surface area contributed by atoms with Crippen LogP contribution in [0.1, 0.15) is 58.8 Å². The second-order valence-corrected chi connectivity index (χ2v) is 7.79. The van der Waals surface area contributed by atoms with Crippen molar-refractivity contribution in [3.63, 3.8) is 0 Å². The van der Waals surface area contributed by atoms with Crippen molar-refractivity contribution in [2.75, 3.05) is 20.8 Å². The largest absolute Gasteiger partial charge is 0.501 e. The van der Waals surface area contributed by atoms with Gasteiger partial charge in [-0.05, 0) is 54.9 Å². The highest BCUT2D eigenvalue weighted by Crippen LogP contribution is 2.61. The van der Waals surface area contributed by atoms with Gasteiger partial charge >= 0.3 is 0 Å². The van der Waals surface area contributed by atoms with Gasteiger partial charge in [0.05, 0.1) is 19.5 Å². The maximum absolute atomic E-state index is 5.60. The summed E-state index contributed by atoms with van der Waals surface area (Å²) in [5, 5.41) is 0. The minimum absolute atomic E-state index is 0.342.